The van der Waals surface area contributed by atoms with Gasteiger partial charge in [-0.15, -0.1) is 5.10 Å². The van der Waals surface area contributed by atoms with Gasteiger partial charge in [0.05, 0.1) is 11.3 Å². The molecule has 1 aliphatic heterocycles. The van der Waals surface area contributed by atoms with Crippen LogP contribution in [0.15, 0.2) is 18.3 Å². The maximum Gasteiger partial charge on any atom is 0.258 e. The van der Waals surface area contributed by atoms with Crippen LogP contribution in [0.1, 0.15) is 28.9 Å². The van der Waals surface area contributed by atoms with Gasteiger partial charge in [-0.1, -0.05) is 0 Å². The minimum atomic E-state index is 0.0752. The van der Waals surface area contributed by atoms with Crippen LogP contribution in [-0.2, 0) is 0 Å². The first-order valence-corrected chi connectivity index (χ1v) is 8.83. The third-order valence-corrected chi connectivity index (χ3v) is 5.48. The minimum absolute atomic E-state index is 0.0752. The molecule has 2 aromatic rings. The number of aromatic nitrogens is 3. The Morgan fingerprint density at radius 1 is 1.42 bits per heavy atom. The number of piperidine rings is 1. The van der Waals surface area contributed by atoms with Crippen molar-refractivity contribution in [2.45, 2.75) is 25.8 Å². The number of carbonyl (C=O) groups excluding carboxylic acids is 1. The summed E-state index contributed by atoms with van der Waals surface area (Å²) in [4.78, 5) is 16.9. The van der Waals surface area contributed by atoms with E-state index in [2.05, 4.69) is 24.8 Å². The molecule has 0 saturated carbocycles. The van der Waals surface area contributed by atoms with Crippen LogP contribution in [-0.4, -0.2) is 58.6 Å². The predicted octanol–water partition coefficient (Wildman–Crippen LogP) is 2.02. The zero-order valence-electron chi connectivity index (χ0n) is 14.2. The van der Waals surface area contributed by atoms with Crippen molar-refractivity contribution in [2.75, 3.05) is 37.4 Å². The first-order valence-electron chi connectivity index (χ1n) is 8.05. The van der Waals surface area contributed by atoms with Gasteiger partial charge < -0.3 is 15.1 Å². The van der Waals surface area contributed by atoms with E-state index in [0.717, 1.165) is 42.4 Å². The molecule has 0 radical (unpaired) electrons. The fourth-order valence-corrected chi connectivity index (χ4v) is 3.81. The van der Waals surface area contributed by atoms with Crippen molar-refractivity contribution in [3.05, 3.63) is 29.6 Å². The molecule has 8 heteroatoms. The van der Waals surface area contributed by atoms with E-state index in [0.29, 0.717) is 11.6 Å². The monoisotopic (exact) mass is 346 g/mol. The average molecular weight is 346 g/mol. The summed E-state index contributed by atoms with van der Waals surface area (Å²) in [5.41, 5.74) is 1.51. The number of hydrogen-bond acceptors (Lipinski definition) is 7. The van der Waals surface area contributed by atoms with Crippen LogP contribution in [0.5, 0.6) is 0 Å². The van der Waals surface area contributed by atoms with Crippen molar-refractivity contribution in [1.82, 2.24) is 19.5 Å². The molecule has 1 saturated heterocycles. The summed E-state index contributed by atoms with van der Waals surface area (Å²) < 4.78 is 4.29. The summed E-state index contributed by atoms with van der Waals surface area (Å²) in [5, 5.41) is 12.0. The van der Waals surface area contributed by atoms with Crippen molar-refractivity contribution in [2.24, 2.45) is 0 Å². The van der Waals surface area contributed by atoms with E-state index in [4.69, 9.17) is 0 Å². The SMILES string of the molecule is CNc1snc(C)c1C(=O)N1CCC(N(C)c2cccnn2)CC1. The van der Waals surface area contributed by atoms with Gasteiger partial charge in [0.1, 0.15) is 5.00 Å². The first-order chi connectivity index (χ1) is 11.6. The van der Waals surface area contributed by atoms with Crippen LogP contribution in [0.2, 0.25) is 0 Å². The van der Waals surface area contributed by atoms with Crippen LogP contribution >= 0.6 is 11.5 Å². The lowest BCUT2D eigenvalue weighted by atomic mass is 10.0. The van der Waals surface area contributed by atoms with Gasteiger partial charge in [0.25, 0.3) is 5.91 Å². The van der Waals surface area contributed by atoms with Gasteiger partial charge in [0.15, 0.2) is 5.82 Å². The number of aryl methyl sites for hydroxylation is 1. The number of hydrogen-bond donors (Lipinski definition) is 1. The number of rotatable bonds is 4. The molecule has 0 unspecified atom stereocenters. The molecule has 128 valence electrons. The largest absolute Gasteiger partial charge is 0.378 e. The third kappa shape index (κ3) is 3.19. The molecule has 3 heterocycles. The standard InChI is InChI=1S/C16H22N6OS/c1-11-14(15(17-2)24-20-11)16(23)22-9-6-12(7-10-22)21(3)13-5-4-8-18-19-13/h4-5,8,12,17H,6-7,9-10H2,1-3H3. The quantitative estimate of drug-likeness (QED) is 0.913. The average Bonchev–Trinajstić information content (AvgIpc) is 3.02. The summed E-state index contributed by atoms with van der Waals surface area (Å²) >= 11 is 1.34. The number of nitrogens with one attached hydrogen (secondary N) is 1. The van der Waals surface area contributed by atoms with E-state index >= 15 is 0 Å². The Morgan fingerprint density at radius 3 is 2.79 bits per heavy atom. The normalized spacial score (nSPS) is 15.4. The molecule has 0 bridgehead atoms. The molecule has 1 N–H and O–H groups in total. The Labute approximate surface area is 145 Å². The molecule has 0 atom stereocenters. The van der Waals surface area contributed by atoms with E-state index in [1.54, 1.807) is 6.20 Å². The van der Waals surface area contributed by atoms with Gasteiger partial charge >= 0.3 is 0 Å². The van der Waals surface area contributed by atoms with Gasteiger partial charge in [0, 0.05) is 39.4 Å². The molecule has 3 rings (SSSR count). The smallest absolute Gasteiger partial charge is 0.258 e. The zero-order chi connectivity index (χ0) is 17.1. The predicted molar refractivity (Wildman–Crippen MR) is 95.8 cm³/mol. The summed E-state index contributed by atoms with van der Waals surface area (Å²) in [6.45, 7) is 3.37. The van der Waals surface area contributed by atoms with Gasteiger partial charge in [-0.05, 0) is 43.4 Å². The number of nitrogens with zero attached hydrogens (tertiary/aromatic N) is 5. The Morgan fingerprint density at radius 2 is 2.17 bits per heavy atom. The van der Waals surface area contributed by atoms with Crippen LogP contribution in [0.4, 0.5) is 10.8 Å². The van der Waals surface area contributed by atoms with Crippen molar-refractivity contribution < 1.29 is 4.79 Å². The molecular weight excluding hydrogens is 324 g/mol. The number of carbonyl (C=O) groups is 1. The highest BCUT2D eigenvalue weighted by atomic mass is 32.1. The Bertz CT molecular complexity index is 696. The van der Waals surface area contributed by atoms with E-state index in [-0.39, 0.29) is 5.91 Å². The van der Waals surface area contributed by atoms with Gasteiger partial charge in [-0.2, -0.15) is 9.47 Å². The topological polar surface area (TPSA) is 74.2 Å². The molecule has 0 spiro atoms. The lowest BCUT2D eigenvalue weighted by Crippen LogP contribution is -2.46. The van der Waals surface area contributed by atoms with Gasteiger partial charge in [-0.25, -0.2) is 0 Å². The van der Waals surface area contributed by atoms with Crippen molar-refractivity contribution >= 4 is 28.3 Å². The zero-order valence-corrected chi connectivity index (χ0v) is 15.0. The fourth-order valence-electron chi connectivity index (χ4n) is 3.08. The highest BCUT2D eigenvalue weighted by Gasteiger charge is 2.29. The molecule has 7 nitrogen and oxygen atoms in total. The van der Waals surface area contributed by atoms with E-state index in [9.17, 15) is 4.79 Å². The molecule has 24 heavy (non-hydrogen) atoms. The third-order valence-electron chi connectivity index (χ3n) is 4.52. The van der Waals surface area contributed by atoms with Crippen LogP contribution in [0.3, 0.4) is 0 Å². The van der Waals surface area contributed by atoms with Gasteiger partial charge in [-0.3, -0.25) is 4.79 Å². The van der Waals surface area contributed by atoms with Crippen molar-refractivity contribution in [3.8, 4) is 0 Å². The molecular formula is C16H22N6OS. The number of anilines is 2. The Hall–Kier alpha value is -2.22. The maximum atomic E-state index is 12.8. The van der Waals surface area contributed by atoms with E-state index in [1.807, 2.05) is 38.1 Å². The summed E-state index contributed by atoms with van der Waals surface area (Å²) in [6.07, 6.45) is 3.52. The summed E-state index contributed by atoms with van der Waals surface area (Å²) in [7, 11) is 3.87. The van der Waals surface area contributed by atoms with Crippen molar-refractivity contribution in [1.29, 1.82) is 0 Å². The highest BCUT2D eigenvalue weighted by Crippen LogP contribution is 2.27. The van der Waals surface area contributed by atoms with Crippen LogP contribution in [0.25, 0.3) is 0 Å². The van der Waals surface area contributed by atoms with Gasteiger partial charge in [0.2, 0.25) is 0 Å². The number of amides is 1. The minimum Gasteiger partial charge on any atom is -0.378 e. The summed E-state index contributed by atoms with van der Waals surface area (Å²) in [6, 6.07) is 4.23. The van der Waals surface area contributed by atoms with Crippen LogP contribution < -0.4 is 10.2 Å². The van der Waals surface area contributed by atoms with Crippen LogP contribution in [0, 0.1) is 6.92 Å². The highest BCUT2D eigenvalue weighted by molar-refractivity contribution is 7.10. The lowest BCUT2D eigenvalue weighted by molar-refractivity contribution is 0.0713. The summed E-state index contributed by atoms with van der Waals surface area (Å²) in [5.74, 6) is 0.948. The second-order valence-electron chi connectivity index (χ2n) is 5.94. The van der Waals surface area contributed by atoms with E-state index < -0.39 is 0 Å². The lowest BCUT2D eigenvalue weighted by Gasteiger charge is -2.37. The molecule has 0 aromatic carbocycles. The second kappa shape index (κ2) is 7.12. The molecule has 1 fully saturated rings. The molecule has 1 aliphatic rings. The second-order valence-corrected chi connectivity index (χ2v) is 6.71. The van der Waals surface area contributed by atoms with Crippen molar-refractivity contribution in [3.63, 3.8) is 0 Å². The Balaban J connectivity index is 1.65. The van der Waals surface area contributed by atoms with E-state index in [1.165, 1.54) is 11.5 Å². The Kier molecular flexibility index (Phi) is 4.94. The maximum absolute atomic E-state index is 12.8. The molecule has 0 aliphatic carbocycles. The molecule has 1 amide bonds. The first kappa shape index (κ1) is 16.6. The fraction of sp³-hybridized carbons (Fsp3) is 0.500. The molecule has 2 aromatic heterocycles. The number of likely N-dealkylation sites (tertiary alicyclic amines) is 1.